The molecule has 3 saturated heterocycles. The van der Waals surface area contributed by atoms with Crippen molar-refractivity contribution in [3.63, 3.8) is 0 Å². The highest BCUT2D eigenvalue weighted by molar-refractivity contribution is 6.42. The first-order valence-electron chi connectivity index (χ1n) is 26.1. The number of esters is 3. The third-order valence-corrected chi connectivity index (χ3v) is 16.2. The number of ether oxygens (including phenoxy) is 6. The van der Waals surface area contributed by atoms with Gasteiger partial charge in [-0.25, -0.2) is 4.79 Å². The molecular formula is C59H67Cl4N3O9. The lowest BCUT2D eigenvalue weighted by atomic mass is 9.82. The predicted octanol–water partition coefficient (Wildman–Crippen LogP) is 11.8. The summed E-state index contributed by atoms with van der Waals surface area (Å²) >= 11 is 25.9. The van der Waals surface area contributed by atoms with Gasteiger partial charge in [0.15, 0.2) is 0 Å². The monoisotopic (exact) mass is 1100 g/mol. The Balaban J connectivity index is 0.950. The average Bonchev–Trinajstić information content (AvgIpc) is 3.43. The van der Waals surface area contributed by atoms with Crippen molar-refractivity contribution in [1.82, 2.24) is 5.32 Å². The third kappa shape index (κ3) is 14.6. The Morgan fingerprint density at radius 2 is 1.01 bits per heavy atom. The quantitative estimate of drug-likeness (QED) is 0.0380. The zero-order valence-electron chi connectivity index (χ0n) is 42.6. The van der Waals surface area contributed by atoms with Crippen LogP contribution >= 0.6 is 46.4 Å². The molecular weight excluding hydrogens is 1040 g/mol. The molecule has 5 aromatic rings. The van der Waals surface area contributed by atoms with Crippen LogP contribution in [0.5, 0.6) is 0 Å². The number of carbonyl (C=O) groups is 3. The number of halogens is 4. The molecule has 0 radical (unpaired) electrons. The number of unbranched alkanes of at least 4 members (excludes halogenated alkanes) is 1. The third-order valence-electron chi connectivity index (χ3n) is 14.6. The second-order valence-corrected chi connectivity index (χ2v) is 21.1. The van der Waals surface area contributed by atoms with Crippen LogP contribution in [0.25, 0.3) is 0 Å². The van der Waals surface area contributed by atoms with Crippen molar-refractivity contribution in [2.45, 2.75) is 87.9 Å². The van der Waals surface area contributed by atoms with E-state index in [9.17, 15) is 14.4 Å². The van der Waals surface area contributed by atoms with Crippen LogP contribution in [0.4, 0.5) is 11.4 Å². The van der Waals surface area contributed by atoms with E-state index in [1.165, 1.54) is 0 Å². The maximum absolute atomic E-state index is 14.1. The van der Waals surface area contributed by atoms with Crippen LogP contribution in [0.1, 0.15) is 86.1 Å². The summed E-state index contributed by atoms with van der Waals surface area (Å²) in [6.07, 6.45) is 5.40. The number of anilines is 2. The van der Waals surface area contributed by atoms with Crippen molar-refractivity contribution >= 4 is 75.7 Å². The van der Waals surface area contributed by atoms with Gasteiger partial charge in [-0.3, -0.25) is 9.59 Å². The Morgan fingerprint density at radius 1 is 0.507 bits per heavy atom. The summed E-state index contributed by atoms with van der Waals surface area (Å²) in [5, 5.41) is 4.94. The maximum atomic E-state index is 14.1. The van der Waals surface area contributed by atoms with Crippen molar-refractivity contribution in [2.24, 2.45) is 0 Å². The molecule has 0 atom stereocenters. The number of carbonyl (C=O) groups excluding carboxylic acids is 3. The molecule has 16 heteroatoms. The number of benzene rings is 5. The number of hydrogen-bond acceptors (Lipinski definition) is 12. The zero-order chi connectivity index (χ0) is 52.7. The summed E-state index contributed by atoms with van der Waals surface area (Å²) < 4.78 is 36.1. The maximum Gasteiger partial charge on any atom is 0.332 e. The summed E-state index contributed by atoms with van der Waals surface area (Å²) in [5.41, 5.74) is 3.26. The molecule has 5 aromatic carbocycles. The van der Waals surface area contributed by atoms with Gasteiger partial charge in [-0.1, -0.05) is 133 Å². The van der Waals surface area contributed by atoms with Gasteiger partial charge in [0.05, 0.1) is 49.3 Å². The van der Waals surface area contributed by atoms with E-state index in [0.29, 0.717) is 129 Å². The second-order valence-electron chi connectivity index (χ2n) is 19.5. The van der Waals surface area contributed by atoms with Gasteiger partial charge >= 0.3 is 17.9 Å². The fourth-order valence-electron chi connectivity index (χ4n) is 10.4. The SMILES string of the molecule is CCCCOCCOCCOCC(=O)OC1(c2ccc(N3CCC(OC(=O)Cc4cccc(Cl)c4Cl)(c4cccc(N5CCC(OC(=O)Cc6c(Cl)cccc6Cl)(c6ccccc6)CC5)c4)CC3)cc2)CCNCC1. The highest BCUT2D eigenvalue weighted by Gasteiger charge is 2.43. The Morgan fingerprint density at radius 3 is 1.67 bits per heavy atom. The minimum atomic E-state index is -0.960. The number of rotatable bonds is 23. The van der Waals surface area contributed by atoms with E-state index in [-0.39, 0.29) is 26.1 Å². The fourth-order valence-corrected chi connectivity index (χ4v) is 11.3. The van der Waals surface area contributed by atoms with Crippen LogP contribution in [0.3, 0.4) is 0 Å². The molecule has 0 bridgehead atoms. The van der Waals surface area contributed by atoms with Gasteiger partial charge in [0.1, 0.15) is 23.4 Å². The van der Waals surface area contributed by atoms with Crippen molar-refractivity contribution in [2.75, 3.05) is 88.7 Å². The van der Waals surface area contributed by atoms with E-state index in [1.54, 1.807) is 36.4 Å². The smallest absolute Gasteiger partial charge is 0.332 e. The van der Waals surface area contributed by atoms with Gasteiger partial charge in [-0.05, 0) is 84.2 Å². The molecule has 75 heavy (non-hydrogen) atoms. The van der Waals surface area contributed by atoms with Crippen LogP contribution in [0.2, 0.25) is 20.1 Å². The lowest BCUT2D eigenvalue weighted by Gasteiger charge is -2.44. The topological polar surface area (TPSA) is 125 Å². The molecule has 0 saturated carbocycles. The first-order valence-corrected chi connectivity index (χ1v) is 27.6. The van der Waals surface area contributed by atoms with E-state index < -0.39 is 34.7 Å². The molecule has 3 aliphatic heterocycles. The first kappa shape index (κ1) is 56.3. The van der Waals surface area contributed by atoms with Crippen molar-refractivity contribution in [3.8, 4) is 0 Å². The normalized spacial score (nSPS) is 17.0. The van der Waals surface area contributed by atoms with Gasteiger partial charge in [-0.2, -0.15) is 0 Å². The predicted molar refractivity (Wildman–Crippen MR) is 295 cm³/mol. The summed E-state index contributed by atoms with van der Waals surface area (Å²) in [6.45, 7) is 8.17. The molecule has 3 fully saturated rings. The van der Waals surface area contributed by atoms with Crippen molar-refractivity contribution in [3.05, 3.63) is 163 Å². The van der Waals surface area contributed by atoms with Gasteiger partial charge in [0.2, 0.25) is 0 Å². The molecule has 0 aliphatic carbocycles. The summed E-state index contributed by atoms with van der Waals surface area (Å²) in [4.78, 5) is 45.6. The molecule has 3 heterocycles. The van der Waals surface area contributed by atoms with Crippen LogP contribution in [0.15, 0.2) is 115 Å². The number of nitrogens with zero attached hydrogens (tertiary/aromatic N) is 2. The Labute approximate surface area is 461 Å². The Bertz CT molecular complexity index is 2650. The molecule has 0 amide bonds. The average molecular weight is 1100 g/mol. The van der Waals surface area contributed by atoms with E-state index >= 15 is 0 Å². The fraction of sp³-hybridized carbons (Fsp3) is 0.441. The zero-order valence-corrected chi connectivity index (χ0v) is 45.6. The minimum Gasteiger partial charge on any atom is -0.454 e. The molecule has 0 spiro atoms. The first-order chi connectivity index (χ1) is 36.4. The standard InChI is InChI=1S/C59H67Cl4N3O9/c1-2-3-34-70-35-36-71-37-38-72-42-55(69)75-57(22-28-64-29-23-57)45-18-20-47(21-19-45)65-30-26-59(27-31-65,73-53(67)39-43-10-7-17-52(62)56(43)63)46-13-8-14-48(40-46)66-32-24-58(25-33-66,44-11-5-4-6-12-44)74-54(68)41-49-50(60)15-9-16-51(49)61/h4-21,40,64H,2-3,22-39,41-42H2,1H3. The largest absolute Gasteiger partial charge is 0.454 e. The van der Waals surface area contributed by atoms with Crippen LogP contribution < -0.4 is 15.1 Å². The van der Waals surface area contributed by atoms with Crippen molar-refractivity contribution < 1.29 is 42.8 Å². The Kier molecular flexibility index (Phi) is 20.2. The molecule has 400 valence electrons. The van der Waals surface area contributed by atoms with Crippen molar-refractivity contribution in [1.29, 1.82) is 0 Å². The molecule has 0 unspecified atom stereocenters. The van der Waals surface area contributed by atoms with Crippen LogP contribution in [0, 0.1) is 0 Å². The highest BCUT2D eigenvalue weighted by atomic mass is 35.5. The van der Waals surface area contributed by atoms with Gasteiger partial charge in [-0.15, -0.1) is 0 Å². The number of hydrogen-bond donors (Lipinski definition) is 1. The Hall–Kier alpha value is -4.89. The lowest BCUT2D eigenvalue weighted by Crippen LogP contribution is -2.46. The molecule has 0 aromatic heterocycles. The number of nitrogens with one attached hydrogen (secondary N) is 1. The van der Waals surface area contributed by atoms with E-state index in [2.05, 4.69) is 58.4 Å². The van der Waals surface area contributed by atoms with E-state index in [4.69, 9.17) is 74.8 Å². The summed E-state index contributed by atoms with van der Waals surface area (Å²) in [7, 11) is 0. The van der Waals surface area contributed by atoms with Gasteiger partial charge < -0.3 is 43.5 Å². The number of piperidine rings is 3. The second kappa shape index (κ2) is 26.9. The van der Waals surface area contributed by atoms with Gasteiger partial charge in [0.25, 0.3) is 0 Å². The highest BCUT2D eigenvalue weighted by Crippen LogP contribution is 2.44. The molecule has 12 nitrogen and oxygen atoms in total. The van der Waals surface area contributed by atoms with Gasteiger partial charge in [0, 0.05) is 98.3 Å². The summed E-state index contributed by atoms with van der Waals surface area (Å²) in [6, 6.07) is 36.9. The van der Waals surface area contributed by atoms with Crippen LogP contribution in [-0.2, 0) is 72.4 Å². The molecule has 3 aliphatic rings. The minimum absolute atomic E-state index is 0.0431. The summed E-state index contributed by atoms with van der Waals surface area (Å²) in [5.74, 6) is -1.22. The van der Waals surface area contributed by atoms with E-state index in [1.807, 2.05) is 42.5 Å². The lowest BCUT2D eigenvalue weighted by molar-refractivity contribution is -0.170. The van der Waals surface area contributed by atoms with Crippen LogP contribution in [-0.4, -0.2) is 96.8 Å². The molecule has 8 rings (SSSR count). The van der Waals surface area contributed by atoms with E-state index in [0.717, 1.165) is 47.5 Å². The molecule has 1 N–H and O–H groups in total.